The lowest BCUT2D eigenvalue weighted by molar-refractivity contribution is 0.336. The van der Waals surface area contributed by atoms with Crippen molar-refractivity contribution in [2.24, 2.45) is 0 Å². The molecular formula is C15H15Br2ClN2O. The van der Waals surface area contributed by atoms with Crippen LogP contribution in [0.15, 0.2) is 33.3 Å². The summed E-state index contributed by atoms with van der Waals surface area (Å²) in [6, 6.07) is 5.99. The van der Waals surface area contributed by atoms with Crippen LogP contribution in [-0.4, -0.2) is 11.6 Å². The molecule has 0 aliphatic carbocycles. The Morgan fingerprint density at radius 1 is 1.29 bits per heavy atom. The van der Waals surface area contributed by atoms with Gasteiger partial charge in [0.25, 0.3) is 0 Å². The van der Waals surface area contributed by atoms with Gasteiger partial charge >= 0.3 is 0 Å². The highest BCUT2D eigenvalue weighted by atomic mass is 79.9. The molecule has 1 heterocycles. The van der Waals surface area contributed by atoms with Gasteiger partial charge in [-0.05, 0) is 75.0 Å². The third-order valence-electron chi connectivity index (χ3n) is 2.93. The smallest absolute Gasteiger partial charge is 0.152 e. The van der Waals surface area contributed by atoms with E-state index in [9.17, 15) is 0 Å². The molecule has 0 fully saturated rings. The van der Waals surface area contributed by atoms with Crippen molar-refractivity contribution >= 4 is 49.1 Å². The van der Waals surface area contributed by atoms with Crippen LogP contribution in [0.3, 0.4) is 0 Å². The minimum Gasteiger partial charge on any atom is -0.492 e. The lowest BCUT2D eigenvalue weighted by Gasteiger charge is -2.13. The average Bonchev–Trinajstić information content (AvgIpc) is 2.42. The van der Waals surface area contributed by atoms with E-state index in [2.05, 4.69) is 42.2 Å². The predicted molar refractivity (Wildman–Crippen MR) is 94.3 cm³/mol. The molecule has 0 amide bonds. The van der Waals surface area contributed by atoms with Crippen LogP contribution in [0, 0.1) is 6.92 Å². The number of nitrogens with zero attached hydrogens (tertiary/aromatic N) is 1. The van der Waals surface area contributed by atoms with Gasteiger partial charge in [0.2, 0.25) is 0 Å². The Hall–Kier alpha value is -0.780. The number of hydrogen-bond donors (Lipinski definition) is 1. The van der Waals surface area contributed by atoms with E-state index in [1.165, 1.54) is 0 Å². The Bertz CT molecular complexity index is 606. The Balaban J connectivity index is 2.17. The molecule has 2 aromatic rings. The highest BCUT2D eigenvalue weighted by Gasteiger charge is 2.10. The zero-order valence-corrected chi connectivity index (χ0v) is 15.6. The van der Waals surface area contributed by atoms with Crippen LogP contribution < -0.4 is 10.1 Å². The SMILES string of the molecule is CCOc1c(Br)cc(CNc2c(C)ccnc2Cl)cc1Br. The minimum absolute atomic E-state index is 0.485. The molecule has 1 aromatic heterocycles. The van der Waals surface area contributed by atoms with Gasteiger partial charge in [0.1, 0.15) is 5.75 Å². The van der Waals surface area contributed by atoms with Gasteiger partial charge in [-0.1, -0.05) is 11.6 Å². The fourth-order valence-electron chi connectivity index (χ4n) is 1.92. The number of aromatic nitrogens is 1. The first-order valence-electron chi connectivity index (χ1n) is 6.48. The van der Waals surface area contributed by atoms with Gasteiger partial charge in [-0.3, -0.25) is 0 Å². The summed E-state index contributed by atoms with van der Waals surface area (Å²) in [5.41, 5.74) is 3.04. The number of halogens is 3. The van der Waals surface area contributed by atoms with Gasteiger partial charge in [-0.15, -0.1) is 0 Å². The second kappa shape index (κ2) is 7.47. The van der Waals surface area contributed by atoms with Crippen LogP contribution in [0.4, 0.5) is 5.69 Å². The van der Waals surface area contributed by atoms with Gasteiger partial charge in [-0.2, -0.15) is 0 Å². The van der Waals surface area contributed by atoms with Gasteiger partial charge in [-0.25, -0.2) is 4.98 Å². The third-order valence-corrected chi connectivity index (χ3v) is 4.39. The summed E-state index contributed by atoms with van der Waals surface area (Å²) < 4.78 is 7.42. The van der Waals surface area contributed by atoms with Crippen LogP contribution in [0.1, 0.15) is 18.1 Å². The molecule has 3 nitrogen and oxygen atoms in total. The number of aryl methyl sites for hydroxylation is 1. The first-order valence-corrected chi connectivity index (χ1v) is 8.45. The van der Waals surface area contributed by atoms with Crippen LogP contribution >= 0.6 is 43.5 Å². The minimum atomic E-state index is 0.485. The number of anilines is 1. The molecule has 2 rings (SSSR count). The number of ether oxygens (including phenoxy) is 1. The fraction of sp³-hybridized carbons (Fsp3) is 0.267. The summed E-state index contributed by atoms with van der Waals surface area (Å²) in [4.78, 5) is 4.09. The molecule has 0 saturated carbocycles. The lowest BCUT2D eigenvalue weighted by Crippen LogP contribution is -2.03. The molecule has 0 spiro atoms. The lowest BCUT2D eigenvalue weighted by atomic mass is 10.2. The first-order chi connectivity index (χ1) is 10.0. The maximum Gasteiger partial charge on any atom is 0.152 e. The molecule has 0 unspecified atom stereocenters. The molecule has 112 valence electrons. The number of pyridine rings is 1. The second-order valence-electron chi connectivity index (χ2n) is 4.47. The zero-order chi connectivity index (χ0) is 15.4. The Labute approximate surface area is 146 Å². The van der Waals surface area contributed by atoms with Crippen molar-refractivity contribution in [2.45, 2.75) is 20.4 Å². The largest absolute Gasteiger partial charge is 0.492 e. The van der Waals surface area contributed by atoms with Gasteiger partial charge in [0.15, 0.2) is 5.15 Å². The molecule has 6 heteroatoms. The van der Waals surface area contributed by atoms with Crippen molar-refractivity contribution < 1.29 is 4.74 Å². The molecule has 0 atom stereocenters. The number of hydrogen-bond acceptors (Lipinski definition) is 3. The van der Waals surface area contributed by atoms with E-state index >= 15 is 0 Å². The summed E-state index contributed by atoms with van der Waals surface area (Å²) >= 11 is 13.2. The quantitative estimate of drug-likeness (QED) is 0.624. The number of rotatable bonds is 5. The van der Waals surface area contributed by atoms with E-state index in [-0.39, 0.29) is 0 Å². The zero-order valence-electron chi connectivity index (χ0n) is 11.7. The van der Waals surface area contributed by atoms with E-state index in [1.54, 1.807) is 6.20 Å². The summed E-state index contributed by atoms with van der Waals surface area (Å²) in [6.07, 6.45) is 1.70. The van der Waals surface area contributed by atoms with Gasteiger partial charge in [0.05, 0.1) is 21.2 Å². The number of benzene rings is 1. The monoisotopic (exact) mass is 432 g/mol. The average molecular weight is 435 g/mol. The van der Waals surface area contributed by atoms with Crippen LogP contribution in [0.2, 0.25) is 5.15 Å². The molecule has 1 aromatic carbocycles. The van der Waals surface area contributed by atoms with E-state index in [4.69, 9.17) is 16.3 Å². The highest BCUT2D eigenvalue weighted by Crippen LogP contribution is 2.35. The first kappa shape index (κ1) is 16.6. The maximum atomic E-state index is 6.11. The molecule has 0 radical (unpaired) electrons. The molecule has 0 saturated heterocycles. The van der Waals surface area contributed by atoms with E-state index in [0.29, 0.717) is 18.3 Å². The molecule has 0 aliphatic rings. The summed E-state index contributed by atoms with van der Waals surface area (Å²) in [5.74, 6) is 0.817. The van der Waals surface area contributed by atoms with Crippen molar-refractivity contribution in [1.29, 1.82) is 0 Å². The van der Waals surface area contributed by atoms with Gasteiger partial charge in [0, 0.05) is 12.7 Å². The van der Waals surface area contributed by atoms with Crippen molar-refractivity contribution in [3.8, 4) is 5.75 Å². The molecule has 0 aliphatic heterocycles. The second-order valence-corrected chi connectivity index (χ2v) is 6.54. The highest BCUT2D eigenvalue weighted by molar-refractivity contribution is 9.11. The Kier molecular flexibility index (Phi) is 5.90. The van der Waals surface area contributed by atoms with Crippen molar-refractivity contribution in [2.75, 3.05) is 11.9 Å². The van der Waals surface area contributed by atoms with Crippen LogP contribution in [0.25, 0.3) is 0 Å². The van der Waals surface area contributed by atoms with E-state index in [1.807, 2.05) is 32.0 Å². The van der Waals surface area contributed by atoms with Crippen LogP contribution in [-0.2, 0) is 6.54 Å². The van der Waals surface area contributed by atoms with E-state index < -0.39 is 0 Å². The van der Waals surface area contributed by atoms with Gasteiger partial charge < -0.3 is 10.1 Å². The topological polar surface area (TPSA) is 34.1 Å². The molecule has 0 bridgehead atoms. The maximum absolute atomic E-state index is 6.11. The summed E-state index contributed by atoms with van der Waals surface area (Å²) in [5, 5.41) is 3.81. The predicted octanol–water partition coefficient (Wildman–Crippen LogP) is 5.58. The van der Waals surface area contributed by atoms with Crippen molar-refractivity contribution in [1.82, 2.24) is 4.98 Å². The Morgan fingerprint density at radius 2 is 1.95 bits per heavy atom. The van der Waals surface area contributed by atoms with E-state index in [0.717, 1.165) is 31.5 Å². The summed E-state index contributed by atoms with van der Waals surface area (Å²) in [6.45, 7) is 5.23. The van der Waals surface area contributed by atoms with Crippen molar-refractivity contribution in [3.63, 3.8) is 0 Å². The van der Waals surface area contributed by atoms with Crippen LogP contribution in [0.5, 0.6) is 5.75 Å². The number of nitrogens with one attached hydrogen (secondary N) is 1. The Morgan fingerprint density at radius 3 is 2.52 bits per heavy atom. The molecule has 21 heavy (non-hydrogen) atoms. The normalized spacial score (nSPS) is 10.5. The standard InChI is InChI=1S/C15H15Br2ClN2O/c1-3-21-14-11(16)6-10(7-12(14)17)8-20-13-9(2)4-5-19-15(13)18/h4-7,20H,3,8H2,1-2H3. The van der Waals surface area contributed by atoms with Crippen molar-refractivity contribution in [3.05, 3.63) is 49.6 Å². The molecule has 1 N–H and O–H groups in total. The fourth-order valence-corrected chi connectivity index (χ4v) is 3.71. The third kappa shape index (κ3) is 4.11. The molecular weight excluding hydrogens is 419 g/mol. The summed E-state index contributed by atoms with van der Waals surface area (Å²) in [7, 11) is 0.